The molecule has 18 heavy (non-hydrogen) atoms. The van der Waals surface area contributed by atoms with Crippen LogP contribution in [0.25, 0.3) is 0 Å². The fraction of sp³-hybridized carbons (Fsp3) is 0.500. The van der Waals surface area contributed by atoms with Gasteiger partial charge in [0.2, 0.25) is 5.91 Å². The number of nitrogens with two attached hydrogens (primary N) is 1. The molecule has 0 saturated carbocycles. The molecule has 0 spiro atoms. The third-order valence-corrected chi connectivity index (χ3v) is 3.72. The van der Waals surface area contributed by atoms with Gasteiger partial charge in [-0.05, 0) is 41.3 Å². The zero-order valence-corrected chi connectivity index (χ0v) is 11.8. The Bertz CT molecular complexity index is 484. The van der Waals surface area contributed by atoms with Crippen LogP contribution in [0.3, 0.4) is 0 Å². The first-order valence-electron chi connectivity index (χ1n) is 5.93. The van der Waals surface area contributed by atoms with Gasteiger partial charge in [0.1, 0.15) is 11.7 Å². The van der Waals surface area contributed by atoms with Crippen molar-refractivity contribution in [3.05, 3.63) is 22.4 Å². The van der Waals surface area contributed by atoms with Crippen molar-refractivity contribution < 1.29 is 9.59 Å². The summed E-state index contributed by atoms with van der Waals surface area (Å²) in [5.41, 5.74) is 5.93. The molecular formula is C12H16BrN3O2. The highest BCUT2D eigenvalue weighted by Crippen LogP contribution is 2.21. The van der Waals surface area contributed by atoms with Gasteiger partial charge in [0, 0.05) is 24.3 Å². The van der Waals surface area contributed by atoms with Crippen LogP contribution in [0.4, 0.5) is 0 Å². The van der Waals surface area contributed by atoms with Gasteiger partial charge < -0.3 is 15.2 Å². The number of amides is 2. The van der Waals surface area contributed by atoms with Crippen LogP contribution in [0.2, 0.25) is 0 Å². The van der Waals surface area contributed by atoms with Gasteiger partial charge in [-0.2, -0.15) is 0 Å². The fourth-order valence-electron chi connectivity index (χ4n) is 2.35. The normalized spacial score (nSPS) is 19.9. The van der Waals surface area contributed by atoms with Gasteiger partial charge in [0.25, 0.3) is 5.91 Å². The van der Waals surface area contributed by atoms with Gasteiger partial charge in [0.15, 0.2) is 0 Å². The van der Waals surface area contributed by atoms with Crippen molar-refractivity contribution in [1.29, 1.82) is 0 Å². The van der Waals surface area contributed by atoms with E-state index in [1.807, 2.05) is 6.20 Å². The molecule has 0 bridgehead atoms. The molecule has 2 heterocycles. The Kier molecular flexibility index (Phi) is 3.75. The van der Waals surface area contributed by atoms with Crippen molar-refractivity contribution in [2.75, 3.05) is 6.54 Å². The second kappa shape index (κ2) is 5.14. The Morgan fingerprint density at radius 1 is 1.44 bits per heavy atom. The van der Waals surface area contributed by atoms with Crippen LogP contribution in [-0.4, -0.2) is 33.9 Å². The second-order valence-electron chi connectivity index (χ2n) is 4.57. The minimum Gasteiger partial charge on any atom is -0.368 e. The van der Waals surface area contributed by atoms with Crippen LogP contribution in [-0.2, 0) is 11.8 Å². The van der Waals surface area contributed by atoms with Crippen molar-refractivity contribution in [1.82, 2.24) is 9.47 Å². The zero-order chi connectivity index (χ0) is 13.3. The minimum absolute atomic E-state index is 0.133. The predicted octanol–water partition coefficient (Wildman–Crippen LogP) is 1.27. The number of carbonyl (C=O) groups excluding carboxylic acids is 2. The molecule has 6 heteroatoms. The maximum absolute atomic E-state index is 12.4. The molecule has 1 unspecified atom stereocenters. The first kappa shape index (κ1) is 13.1. The Balaban J connectivity index is 2.26. The molecule has 2 N–H and O–H groups in total. The number of piperidine rings is 1. The molecule has 0 aromatic carbocycles. The van der Waals surface area contributed by atoms with E-state index in [9.17, 15) is 9.59 Å². The molecule has 2 rings (SSSR count). The van der Waals surface area contributed by atoms with E-state index in [1.165, 1.54) is 0 Å². The van der Waals surface area contributed by atoms with Crippen LogP contribution in [0.15, 0.2) is 16.7 Å². The van der Waals surface area contributed by atoms with E-state index in [4.69, 9.17) is 5.73 Å². The summed E-state index contributed by atoms with van der Waals surface area (Å²) in [6.45, 7) is 0.592. The van der Waals surface area contributed by atoms with Crippen LogP contribution in [0.5, 0.6) is 0 Å². The highest BCUT2D eigenvalue weighted by molar-refractivity contribution is 9.10. The van der Waals surface area contributed by atoms with E-state index in [0.29, 0.717) is 18.7 Å². The van der Waals surface area contributed by atoms with E-state index >= 15 is 0 Å². The molecule has 2 amide bonds. The first-order chi connectivity index (χ1) is 8.50. The summed E-state index contributed by atoms with van der Waals surface area (Å²) in [5.74, 6) is -0.553. The Morgan fingerprint density at radius 2 is 2.17 bits per heavy atom. The monoisotopic (exact) mass is 313 g/mol. The van der Waals surface area contributed by atoms with Crippen molar-refractivity contribution in [3.8, 4) is 0 Å². The van der Waals surface area contributed by atoms with Crippen molar-refractivity contribution in [2.24, 2.45) is 12.8 Å². The van der Waals surface area contributed by atoms with Crippen molar-refractivity contribution >= 4 is 27.7 Å². The number of carbonyl (C=O) groups is 2. The average Bonchev–Trinajstić information content (AvgIpc) is 2.67. The van der Waals surface area contributed by atoms with Crippen LogP contribution in [0.1, 0.15) is 29.8 Å². The number of primary amides is 1. The van der Waals surface area contributed by atoms with Gasteiger partial charge in [0.05, 0.1) is 0 Å². The van der Waals surface area contributed by atoms with E-state index in [0.717, 1.165) is 17.3 Å². The van der Waals surface area contributed by atoms with Crippen LogP contribution >= 0.6 is 15.9 Å². The summed E-state index contributed by atoms with van der Waals surface area (Å²) in [6, 6.07) is 1.29. The number of rotatable bonds is 2. The smallest absolute Gasteiger partial charge is 0.271 e. The molecule has 0 aliphatic carbocycles. The van der Waals surface area contributed by atoms with E-state index in [1.54, 1.807) is 22.6 Å². The maximum atomic E-state index is 12.4. The molecule has 1 aromatic rings. The SMILES string of the molecule is Cn1cc(Br)cc1C(=O)N1CCCCC1C(N)=O. The van der Waals surface area contributed by atoms with Gasteiger partial charge in [-0.3, -0.25) is 9.59 Å². The molecule has 1 saturated heterocycles. The van der Waals surface area contributed by atoms with Gasteiger partial charge in [-0.25, -0.2) is 0 Å². The molecular weight excluding hydrogens is 298 g/mol. The Hall–Kier alpha value is -1.30. The molecule has 98 valence electrons. The number of likely N-dealkylation sites (tertiary alicyclic amines) is 1. The lowest BCUT2D eigenvalue weighted by Gasteiger charge is -2.33. The van der Waals surface area contributed by atoms with Crippen molar-refractivity contribution in [2.45, 2.75) is 25.3 Å². The highest BCUT2D eigenvalue weighted by atomic mass is 79.9. The predicted molar refractivity (Wildman–Crippen MR) is 71.0 cm³/mol. The first-order valence-corrected chi connectivity index (χ1v) is 6.72. The standard InChI is InChI=1S/C12H16BrN3O2/c1-15-7-8(13)6-10(15)12(18)16-5-3-2-4-9(16)11(14)17/h6-7,9H,2-5H2,1H3,(H2,14,17). The summed E-state index contributed by atoms with van der Waals surface area (Å²) in [4.78, 5) is 25.4. The summed E-state index contributed by atoms with van der Waals surface area (Å²) < 4.78 is 2.60. The van der Waals surface area contributed by atoms with Crippen molar-refractivity contribution in [3.63, 3.8) is 0 Å². The molecule has 1 aliphatic rings. The topological polar surface area (TPSA) is 68.3 Å². The fourth-order valence-corrected chi connectivity index (χ4v) is 2.88. The lowest BCUT2D eigenvalue weighted by atomic mass is 10.0. The summed E-state index contributed by atoms with van der Waals surface area (Å²) >= 11 is 3.34. The zero-order valence-electron chi connectivity index (χ0n) is 10.2. The lowest BCUT2D eigenvalue weighted by molar-refractivity contribution is -0.123. The van der Waals surface area contributed by atoms with Gasteiger partial charge in [-0.15, -0.1) is 0 Å². The average molecular weight is 314 g/mol. The second-order valence-corrected chi connectivity index (χ2v) is 5.48. The molecule has 5 nitrogen and oxygen atoms in total. The largest absolute Gasteiger partial charge is 0.368 e. The summed E-state index contributed by atoms with van der Waals surface area (Å²) in [7, 11) is 1.81. The maximum Gasteiger partial charge on any atom is 0.271 e. The van der Waals surface area contributed by atoms with E-state index in [-0.39, 0.29) is 5.91 Å². The van der Waals surface area contributed by atoms with E-state index < -0.39 is 11.9 Å². The molecule has 1 atom stereocenters. The van der Waals surface area contributed by atoms with Crippen LogP contribution < -0.4 is 5.73 Å². The molecule has 1 aromatic heterocycles. The van der Waals surface area contributed by atoms with Gasteiger partial charge in [-0.1, -0.05) is 0 Å². The van der Waals surface area contributed by atoms with Crippen LogP contribution in [0, 0.1) is 0 Å². The number of aryl methyl sites for hydroxylation is 1. The lowest BCUT2D eigenvalue weighted by Crippen LogP contribution is -2.50. The number of nitrogens with zero attached hydrogens (tertiary/aromatic N) is 2. The Morgan fingerprint density at radius 3 is 2.72 bits per heavy atom. The number of halogens is 1. The molecule has 0 radical (unpaired) electrons. The van der Waals surface area contributed by atoms with E-state index in [2.05, 4.69) is 15.9 Å². The number of aromatic nitrogens is 1. The third-order valence-electron chi connectivity index (χ3n) is 3.28. The molecule has 1 aliphatic heterocycles. The Labute approximate surface area is 114 Å². The highest BCUT2D eigenvalue weighted by Gasteiger charge is 2.32. The number of hydrogen-bond acceptors (Lipinski definition) is 2. The van der Waals surface area contributed by atoms with Gasteiger partial charge >= 0.3 is 0 Å². The molecule has 1 fully saturated rings. The minimum atomic E-state index is -0.472. The number of hydrogen-bond donors (Lipinski definition) is 1. The third kappa shape index (κ3) is 2.43. The quantitative estimate of drug-likeness (QED) is 0.893. The summed E-state index contributed by atoms with van der Waals surface area (Å²) in [5, 5.41) is 0. The summed E-state index contributed by atoms with van der Waals surface area (Å²) in [6.07, 6.45) is 4.33.